The second-order valence-electron chi connectivity index (χ2n) is 4.41. The second kappa shape index (κ2) is 5.57. The maximum Gasteiger partial charge on any atom is 0.293 e. The lowest BCUT2D eigenvalue weighted by Crippen LogP contribution is -2.09. The Morgan fingerprint density at radius 2 is 2.10 bits per heavy atom. The van der Waals surface area contributed by atoms with Crippen LogP contribution in [0.2, 0.25) is 0 Å². The van der Waals surface area contributed by atoms with Gasteiger partial charge in [-0.15, -0.1) is 0 Å². The highest BCUT2D eigenvalue weighted by Gasteiger charge is 2.20. The zero-order valence-electron chi connectivity index (χ0n) is 10.7. The topological polar surface area (TPSA) is 52.3 Å². The molecule has 2 heterocycles. The van der Waals surface area contributed by atoms with Gasteiger partial charge in [-0.2, -0.15) is 0 Å². The average molecular weight is 267 g/mol. The maximum absolute atomic E-state index is 10.5. The van der Waals surface area contributed by atoms with Gasteiger partial charge in [-0.3, -0.25) is 9.78 Å². The molecule has 1 unspecified atom stereocenters. The van der Waals surface area contributed by atoms with Gasteiger partial charge < -0.3 is 9.15 Å². The number of nitrogens with zero attached hydrogens (tertiary/aromatic N) is 1. The molecule has 0 aliphatic heterocycles. The molecule has 0 aliphatic carbocycles. The van der Waals surface area contributed by atoms with Crippen molar-refractivity contribution in [1.29, 1.82) is 0 Å². The molecule has 1 aromatic carbocycles. The summed E-state index contributed by atoms with van der Waals surface area (Å²) < 4.78 is 10.4. The fourth-order valence-corrected chi connectivity index (χ4v) is 2.37. The molecule has 3 rings (SSSR count). The van der Waals surface area contributed by atoms with Gasteiger partial charge in [0.1, 0.15) is 12.4 Å². The second-order valence-corrected chi connectivity index (χ2v) is 4.41. The predicted octanol–water partition coefficient (Wildman–Crippen LogP) is 3.13. The van der Waals surface area contributed by atoms with Crippen molar-refractivity contribution >= 4 is 17.4 Å². The summed E-state index contributed by atoms with van der Waals surface area (Å²) in [5.74, 6) is 0.631. The molecule has 4 nitrogen and oxygen atoms in total. The van der Waals surface area contributed by atoms with E-state index in [4.69, 9.17) is 9.15 Å². The smallest absolute Gasteiger partial charge is 0.293 e. The summed E-state index contributed by atoms with van der Waals surface area (Å²) in [6.07, 6.45) is 3.38. The molecule has 3 aromatic rings. The molecule has 20 heavy (non-hydrogen) atoms. The van der Waals surface area contributed by atoms with E-state index in [1.165, 1.54) is 0 Å². The minimum atomic E-state index is -0.136. The van der Waals surface area contributed by atoms with Gasteiger partial charge in [-0.25, -0.2) is 0 Å². The van der Waals surface area contributed by atoms with Crippen LogP contribution in [0.3, 0.4) is 0 Å². The molecular formula is C16H13NO3. The van der Waals surface area contributed by atoms with Crippen molar-refractivity contribution in [2.24, 2.45) is 0 Å². The lowest BCUT2D eigenvalue weighted by molar-refractivity contribution is -0.129. The molecule has 0 saturated heterocycles. The number of benzene rings is 1. The number of hydrogen-bond donors (Lipinski definition) is 0. The molecule has 0 amide bonds. The monoisotopic (exact) mass is 267 g/mol. The minimum absolute atomic E-state index is 0.136. The van der Waals surface area contributed by atoms with E-state index < -0.39 is 0 Å². The first-order valence-electron chi connectivity index (χ1n) is 6.32. The van der Waals surface area contributed by atoms with Crippen molar-refractivity contribution in [3.8, 4) is 0 Å². The van der Waals surface area contributed by atoms with E-state index in [1.807, 2.05) is 42.5 Å². The van der Waals surface area contributed by atoms with Crippen LogP contribution in [-0.4, -0.2) is 18.1 Å². The number of rotatable bonds is 5. The first kappa shape index (κ1) is 12.4. The highest BCUT2D eigenvalue weighted by atomic mass is 16.5. The number of pyridine rings is 1. The summed E-state index contributed by atoms with van der Waals surface area (Å²) in [7, 11) is 0. The van der Waals surface area contributed by atoms with Gasteiger partial charge in [0, 0.05) is 11.6 Å². The van der Waals surface area contributed by atoms with Crippen LogP contribution in [0.15, 0.2) is 59.3 Å². The SMILES string of the molecule is O=COCC(c1ccco1)c1ccnc2ccccc12. The number of carbonyl (C=O) groups excluding carboxylic acids is 1. The van der Waals surface area contributed by atoms with Gasteiger partial charge in [-0.1, -0.05) is 18.2 Å². The molecule has 100 valence electrons. The molecule has 0 spiro atoms. The standard InChI is InChI=1S/C16H13NO3/c18-11-19-10-14(16-6-3-9-20-16)12-7-8-17-15-5-2-1-4-13(12)15/h1-9,11,14H,10H2. The Labute approximate surface area is 116 Å². The Hall–Kier alpha value is -2.62. The molecule has 0 aliphatic rings. The van der Waals surface area contributed by atoms with Gasteiger partial charge >= 0.3 is 0 Å². The predicted molar refractivity (Wildman–Crippen MR) is 74.3 cm³/mol. The van der Waals surface area contributed by atoms with Crippen molar-refractivity contribution < 1.29 is 13.9 Å². The summed E-state index contributed by atoms with van der Waals surface area (Å²) >= 11 is 0. The number of furan rings is 1. The normalized spacial score (nSPS) is 12.2. The van der Waals surface area contributed by atoms with Gasteiger partial charge in [0.15, 0.2) is 0 Å². The number of carbonyl (C=O) groups is 1. The molecule has 4 heteroatoms. The van der Waals surface area contributed by atoms with Gasteiger partial charge in [-0.05, 0) is 29.8 Å². The van der Waals surface area contributed by atoms with E-state index in [0.29, 0.717) is 6.47 Å². The van der Waals surface area contributed by atoms with Crippen LogP contribution in [-0.2, 0) is 9.53 Å². The largest absolute Gasteiger partial charge is 0.469 e. The number of fused-ring (bicyclic) bond motifs is 1. The molecule has 1 atom stereocenters. The highest BCUT2D eigenvalue weighted by molar-refractivity contribution is 5.82. The van der Waals surface area contributed by atoms with Crippen molar-refractivity contribution in [1.82, 2.24) is 4.98 Å². The molecule has 0 bridgehead atoms. The van der Waals surface area contributed by atoms with E-state index in [9.17, 15) is 4.79 Å². The fourth-order valence-electron chi connectivity index (χ4n) is 2.37. The van der Waals surface area contributed by atoms with E-state index in [0.717, 1.165) is 22.2 Å². The molecule has 0 radical (unpaired) electrons. The van der Waals surface area contributed by atoms with Crippen molar-refractivity contribution in [3.05, 3.63) is 66.2 Å². The van der Waals surface area contributed by atoms with Crippen LogP contribution in [0.5, 0.6) is 0 Å². The molecule has 0 fully saturated rings. The fraction of sp³-hybridized carbons (Fsp3) is 0.125. The number of ether oxygens (including phenoxy) is 1. The number of hydrogen-bond acceptors (Lipinski definition) is 4. The molecule has 0 saturated carbocycles. The summed E-state index contributed by atoms with van der Waals surface area (Å²) in [5, 5.41) is 1.03. The van der Waals surface area contributed by atoms with Crippen LogP contribution in [0.1, 0.15) is 17.2 Å². The van der Waals surface area contributed by atoms with Gasteiger partial charge in [0.25, 0.3) is 6.47 Å². The van der Waals surface area contributed by atoms with Crippen molar-refractivity contribution in [2.45, 2.75) is 5.92 Å². The maximum atomic E-state index is 10.5. The lowest BCUT2D eigenvalue weighted by Gasteiger charge is -2.15. The van der Waals surface area contributed by atoms with Crippen molar-refractivity contribution in [3.63, 3.8) is 0 Å². The number of para-hydroxylation sites is 1. The quantitative estimate of drug-likeness (QED) is 0.666. The molecule has 0 N–H and O–H groups in total. The van der Waals surface area contributed by atoms with E-state index in [2.05, 4.69) is 4.98 Å². The zero-order chi connectivity index (χ0) is 13.8. The summed E-state index contributed by atoms with van der Waals surface area (Å²) in [6.45, 7) is 0.699. The Kier molecular flexibility index (Phi) is 3.46. The minimum Gasteiger partial charge on any atom is -0.469 e. The van der Waals surface area contributed by atoms with Crippen LogP contribution in [0.25, 0.3) is 10.9 Å². The third-order valence-corrected chi connectivity index (χ3v) is 3.28. The van der Waals surface area contributed by atoms with E-state index >= 15 is 0 Å². The third kappa shape index (κ3) is 2.28. The van der Waals surface area contributed by atoms with Crippen LogP contribution >= 0.6 is 0 Å². The van der Waals surface area contributed by atoms with Crippen LogP contribution in [0, 0.1) is 0 Å². The van der Waals surface area contributed by atoms with E-state index in [-0.39, 0.29) is 12.5 Å². The summed E-state index contributed by atoms with van der Waals surface area (Å²) in [6, 6.07) is 13.5. The Morgan fingerprint density at radius 3 is 2.90 bits per heavy atom. The number of aromatic nitrogens is 1. The average Bonchev–Trinajstić information content (AvgIpc) is 3.02. The van der Waals surface area contributed by atoms with Gasteiger partial charge in [0.2, 0.25) is 0 Å². The molecule has 2 aromatic heterocycles. The third-order valence-electron chi connectivity index (χ3n) is 3.28. The molecular weight excluding hydrogens is 254 g/mol. The first-order valence-corrected chi connectivity index (χ1v) is 6.32. The lowest BCUT2D eigenvalue weighted by atomic mass is 9.94. The summed E-state index contributed by atoms with van der Waals surface area (Å²) in [4.78, 5) is 14.9. The van der Waals surface area contributed by atoms with Crippen LogP contribution < -0.4 is 0 Å². The van der Waals surface area contributed by atoms with E-state index in [1.54, 1.807) is 12.5 Å². The Morgan fingerprint density at radius 1 is 1.20 bits per heavy atom. The van der Waals surface area contributed by atoms with Crippen LogP contribution in [0.4, 0.5) is 0 Å². The van der Waals surface area contributed by atoms with Crippen molar-refractivity contribution in [2.75, 3.05) is 6.61 Å². The first-order chi connectivity index (χ1) is 9.90. The summed E-state index contributed by atoms with van der Waals surface area (Å²) in [5.41, 5.74) is 1.94. The highest BCUT2D eigenvalue weighted by Crippen LogP contribution is 2.30. The Bertz CT molecular complexity index is 701. The zero-order valence-corrected chi connectivity index (χ0v) is 10.7. The van der Waals surface area contributed by atoms with Gasteiger partial charge in [0.05, 0.1) is 17.7 Å². The Balaban J connectivity index is 2.11.